The van der Waals surface area contributed by atoms with Crippen LogP contribution in [0.25, 0.3) is 0 Å². The molecular weight excluding hydrogens is 196 g/mol. The Morgan fingerprint density at radius 1 is 1.44 bits per heavy atom. The van der Waals surface area contributed by atoms with E-state index in [1.54, 1.807) is 0 Å². The first-order valence-corrected chi connectivity index (χ1v) is 6.28. The Kier molecular flexibility index (Phi) is 3.49. The summed E-state index contributed by atoms with van der Waals surface area (Å²) in [5.74, 6) is 0. The largest absolute Gasteiger partial charge is 0.371 e. The highest BCUT2D eigenvalue weighted by Crippen LogP contribution is 2.28. The van der Waals surface area contributed by atoms with Crippen LogP contribution in [-0.4, -0.2) is 26.2 Å². The fourth-order valence-corrected chi connectivity index (χ4v) is 2.40. The van der Waals surface area contributed by atoms with Crippen molar-refractivity contribution in [3.05, 3.63) is 29.3 Å². The Morgan fingerprint density at radius 3 is 2.94 bits per heavy atom. The van der Waals surface area contributed by atoms with Crippen molar-refractivity contribution in [2.45, 2.75) is 32.7 Å². The Hall–Kier alpha value is -1.02. The minimum Gasteiger partial charge on any atom is -0.371 e. The van der Waals surface area contributed by atoms with E-state index in [2.05, 4.69) is 42.3 Å². The third-order valence-corrected chi connectivity index (χ3v) is 3.56. The molecule has 0 aliphatic carbocycles. The molecule has 0 fully saturated rings. The maximum Gasteiger partial charge on any atom is 0.0402 e. The lowest BCUT2D eigenvalue weighted by molar-refractivity contribution is 0.608. The maximum atomic E-state index is 3.29. The number of nitrogens with zero attached hydrogens (tertiary/aromatic N) is 1. The molecule has 1 aliphatic rings. The first-order valence-electron chi connectivity index (χ1n) is 6.28. The van der Waals surface area contributed by atoms with Gasteiger partial charge >= 0.3 is 0 Å². The van der Waals surface area contributed by atoms with Crippen molar-refractivity contribution in [1.29, 1.82) is 0 Å². The van der Waals surface area contributed by atoms with Crippen LogP contribution in [0.4, 0.5) is 5.69 Å². The van der Waals surface area contributed by atoms with Gasteiger partial charge in [-0.1, -0.05) is 12.1 Å². The van der Waals surface area contributed by atoms with Crippen LogP contribution in [0.5, 0.6) is 0 Å². The summed E-state index contributed by atoms with van der Waals surface area (Å²) in [6, 6.07) is 7.52. The summed E-state index contributed by atoms with van der Waals surface area (Å²) in [7, 11) is 2.02. The second kappa shape index (κ2) is 4.88. The Balaban J connectivity index is 2.18. The van der Waals surface area contributed by atoms with E-state index in [9.17, 15) is 0 Å². The van der Waals surface area contributed by atoms with Crippen LogP contribution < -0.4 is 10.2 Å². The monoisotopic (exact) mass is 218 g/mol. The van der Waals surface area contributed by atoms with Crippen molar-refractivity contribution in [3.63, 3.8) is 0 Å². The number of rotatable bonds is 4. The van der Waals surface area contributed by atoms with Crippen LogP contribution in [0.1, 0.15) is 25.0 Å². The summed E-state index contributed by atoms with van der Waals surface area (Å²) >= 11 is 0. The molecule has 1 aromatic rings. The van der Waals surface area contributed by atoms with Crippen LogP contribution in [0.2, 0.25) is 0 Å². The second-order valence-corrected chi connectivity index (χ2v) is 4.69. The number of hydrogen-bond donors (Lipinski definition) is 1. The molecule has 2 nitrogen and oxygen atoms in total. The lowest BCUT2D eigenvalue weighted by atomic mass is 10.0. The van der Waals surface area contributed by atoms with Crippen LogP contribution in [0.15, 0.2) is 18.2 Å². The van der Waals surface area contributed by atoms with Crippen molar-refractivity contribution >= 4 is 5.69 Å². The van der Waals surface area contributed by atoms with Crippen LogP contribution in [0, 0.1) is 0 Å². The number of anilines is 1. The van der Waals surface area contributed by atoms with Gasteiger partial charge in [0.15, 0.2) is 0 Å². The first-order chi connectivity index (χ1) is 7.74. The second-order valence-electron chi connectivity index (χ2n) is 4.69. The van der Waals surface area contributed by atoms with E-state index in [4.69, 9.17) is 0 Å². The van der Waals surface area contributed by atoms with Crippen molar-refractivity contribution in [1.82, 2.24) is 5.32 Å². The molecular formula is C14H22N2. The molecule has 2 rings (SSSR count). The van der Waals surface area contributed by atoms with Crippen molar-refractivity contribution in [2.24, 2.45) is 0 Å². The zero-order chi connectivity index (χ0) is 11.5. The predicted molar refractivity (Wildman–Crippen MR) is 70.3 cm³/mol. The van der Waals surface area contributed by atoms with Gasteiger partial charge in [0, 0.05) is 24.8 Å². The molecule has 16 heavy (non-hydrogen) atoms. The van der Waals surface area contributed by atoms with E-state index in [0.29, 0.717) is 6.04 Å². The number of likely N-dealkylation sites (N-methyl/N-ethyl adjacent to an activating group) is 2. The van der Waals surface area contributed by atoms with Gasteiger partial charge in [-0.25, -0.2) is 0 Å². The van der Waals surface area contributed by atoms with E-state index >= 15 is 0 Å². The molecule has 1 N–H and O–H groups in total. The molecule has 0 saturated heterocycles. The van der Waals surface area contributed by atoms with Gasteiger partial charge in [-0.3, -0.25) is 0 Å². The summed E-state index contributed by atoms with van der Waals surface area (Å²) in [5, 5.41) is 3.29. The summed E-state index contributed by atoms with van der Waals surface area (Å²) in [6.45, 7) is 6.78. The van der Waals surface area contributed by atoms with Gasteiger partial charge in [0.1, 0.15) is 0 Å². The molecule has 2 heteroatoms. The fourth-order valence-electron chi connectivity index (χ4n) is 2.40. The molecule has 0 bridgehead atoms. The summed E-state index contributed by atoms with van der Waals surface area (Å²) in [4.78, 5) is 2.48. The molecule has 1 atom stereocenters. The van der Waals surface area contributed by atoms with Gasteiger partial charge < -0.3 is 10.2 Å². The number of benzene rings is 1. The quantitative estimate of drug-likeness (QED) is 0.833. The predicted octanol–water partition coefficient (Wildman–Crippen LogP) is 2.22. The molecule has 1 aromatic carbocycles. The van der Waals surface area contributed by atoms with E-state index < -0.39 is 0 Å². The summed E-state index contributed by atoms with van der Waals surface area (Å²) in [5.41, 5.74) is 4.42. The van der Waals surface area contributed by atoms with E-state index in [0.717, 1.165) is 13.0 Å². The van der Waals surface area contributed by atoms with Crippen molar-refractivity contribution in [3.8, 4) is 0 Å². The molecule has 1 unspecified atom stereocenters. The maximum absolute atomic E-state index is 3.29. The van der Waals surface area contributed by atoms with Crippen molar-refractivity contribution in [2.75, 3.05) is 25.0 Å². The highest BCUT2D eigenvalue weighted by molar-refractivity contribution is 5.59. The Labute approximate surface area is 98.7 Å². The molecule has 0 saturated carbocycles. The lowest BCUT2D eigenvalue weighted by Gasteiger charge is -2.18. The average Bonchev–Trinajstić information content (AvgIpc) is 2.71. The number of nitrogens with one attached hydrogen (secondary N) is 1. The van der Waals surface area contributed by atoms with Gasteiger partial charge in [0.2, 0.25) is 0 Å². The molecule has 1 aliphatic heterocycles. The third kappa shape index (κ3) is 2.22. The van der Waals surface area contributed by atoms with E-state index in [-0.39, 0.29) is 0 Å². The van der Waals surface area contributed by atoms with E-state index in [1.165, 1.54) is 29.8 Å². The van der Waals surface area contributed by atoms with Crippen LogP contribution in [-0.2, 0) is 12.8 Å². The zero-order valence-corrected chi connectivity index (χ0v) is 10.6. The SMILES string of the molecule is CCN1CCc2ccc(CC(C)NC)cc21. The minimum atomic E-state index is 0.550. The molecule has 1 heterocycles. The molecule has 0 aromatic heterocycles. The van der Waals surface area contributed by atoms with Crippen LogP contribution >= 0.6 is 0 Å². The fraction of sp³-hybridized carbons (Fsp3) is 0.571. The molecule has 0 amide bonds. The van der Waals surface area contributed by atoms with Gasteiger partial charge in [-0.05, 0) is 50.9 Å². The van der Waals surface area contributed by atoms with E-state index in [1.807, 2.05) is 7.05 Å². The third-order valence-electron chi connectivity index (χ3n) is 3.56. The highest BCUT2D eigenvalue weighted by atomic mass is 15.1. The van der Waals surface area contributed by atoms with Gasteiger partial charge in [0.25, 0.3) is 0 Å². The smallest absolute Gasteiger partial charge is 0.0402 e. The molecule has 0 radical (unpaired) electrons. The molecule has 88 valence electrons. The number of fused-ring (bicyclic) bond motifs is 1. The van der Waals surface area contributed by atoms with Gasteiger partial charge in [0.05, 0.1) is 0 Å². The zero-order valence-electron chi connectivity index (χ0n) is 10.6. The topological polar surface area (TPSA) is 15.3 Å². The number of hydrogen-bond acceptors (Lipinski definition) is 2. The minimum absolute atomic E-state index is 0.550. The normalized spacial score (nSPS) is 16.3. The Morgan fingerprint density at radius 2 is 2.25 bits per heavy atom. The summed E-state index contributed by atoms with van der Waals surface area (Å²) < 4.78 is 0. The van der Waals surface area contributed by atoms with Crippen LogP contribution in [0.3, 0.4) is 0 Å². The highest BCUT2D eigenvalue weighted by Gasteiger charge is 2.17. The van der Waals surface area contributed by atoms with Gasteiger partial charge in [-0.15, -0.1) is 0 Å². The lowest BCUT2D eigenvalue weighted by Crippen LogP contribution is -2.23. The first kappa shape index (κ1) is 11.5. The van der Waals surface area contributed by atoms with Gasteiger partial charge in [-0.2, -0.15) is 0 Å². The summed E-state index contributed by atoms with van der Waals surface area (Å²) in [6.07, 6.45) is 2.33. The van der Waals surface area contributed by atoms with Crippen molar-refractivity contribution < 1.29 is 0 Å². The molecule has 0 spiro atoms. The standard InChI is InChI=1S/C14H22N2/c1-4-16-8-7-13-6-5-12(10-14(13)16)9-11(2)15-3/h5-6,10-11,15H,4,7-9H2,1-3H3. The average molecular weight is 218 g/mol. The Bertz CT molecular complexity index is 360.